The van der Waals surface area contributed by atoms with E-state index in [0.29, 0.717) is 0 Å². The van der Waals surface area contributed by atoms with E-state index in [2.05, 4.69) is 5.32 Å². The molecule has 0 aliphatic heterocycles. The van der Waals surface area contributed by atoms with Crippen molar-refractivity contribution in [2.24, 2.45) is 0 Å². The quantitative estimate of drug-likeness (QED) is 0.789. The molecule has 1 N–H and O–H groups in total. The summed E-state index contributed by atoms with van der Waals surface area (Å²) in [6.07, 6.45) is 0. The van der Waals surface area contributed by atoms with Crippen LogP contribution < -0.4 is 5.32 Å². The fourth-order valence-electron chi connectivity index (χ4n) is 1.02. The fraction of sp³-hybridized carbons (Fsp3) is 0.300. The zero-order chi connectivity index (χ0) is 10.7. The van der Waals surface area contributed by atoms with Gasteiger partial charge in [-0.3, -0.25) is 0 Å². The summed E-state index contributed by atoms with van der Waals surface area (Å²) >= 11 is 0. The van der Waals surface area contributed by atoms with Crippen molar-refractivity contribution in [2.75, 3.05) is 5.32 Å². The smallest absolute Gasteiger partial charge is 0.146 e. The first-order valence-corrected chi connectivity index (χ1v) is 4.16. The molecule has 0 bridgehead atoms. The topological polar surface area (TPSA) is 35.8 Å². The van der Waals surface area contributed by atoms with E-state index >= 15 is 0 Å². The molecule has 14 heavy (non-hydrogen) atoms. The Morgan fingerprint density at radius 2 is 2.00 bits per heavy atom. The highest BCUT2D eigenvalue weighted by molar-refractivity contribution is 5.48. The minimum atomic E-state index is -0.550. The third-order valence-corrected chi connectivity index (χ3v) is 1.81. The molecule has 0 fully saturated rings. The van der Waals surface area contributed by atoms with Crippen LogP contribution in [-0.2, 0) is 0 Å². The van der Waals surface area contributed by atoms with Gasteiger partial charge in [0.1, 0.15) is 17.7 Å². The molecule has 0 heterocycles. The Morgan fingerprint density at radius 3 is 2.57 bits per heavy atom. The Bertz CT molecular complexity index is 382. The molecule has 2 nitrogen and oxygen atoms in total. The Morgan fingerprint density at radius 1 is 1.36 bits per heavy atom. The number of aryl methyl sites for hydroxylation is 1. The Balaban J connectivity index is 2.99. The Kier molecular flexibility index (Phi) is 3.03. The molecule has 1 atom stereocenters. The van der Waals surface area contributed by atoms with Crippen LogP contribution in [0, 0.1) is 29.9 Å². The van der Waals surface area contributed by atoms with Gasteiger partial charge in [0.2, 0.25) is 0 Å². The van der Waals surface area contributed by atoms with Gasteiger partial charge < -0.3 is 5.32 Å². The number of nitrogens with one attached hydrogen (secondary N) is 1. The maximum atomic E-state index is 13.2. The van der Waals surface area contributed by atoms with Crippen LogP contribution in [0.25, 0.3) is 0 Å². The summed E-state index contributed by atoms with van der Waals surface area (Å²) in [6, 6.07) is 3.48. The minimum Gasteiger partial charge on any atom is -0.368 e. The largest absolute Gasteiger partial charge is 0.368 e. The molecule has 1 aromatic rings. The second-order valence-electron chi connectivity index (χ2n) is 3.08. The number of hydrogen-bond acceptors (Lipinski definition) is 2. The molecule has 1 aromatic carbocycles. The summed E-state index contributed by atoms with van der Waals surface area (Å²) in [7, 11) is 0. The zero-order valence-electron chi connectivity index (χ0n) is 7.94. The van der Waals surface area contributed by atoms with Gasteiger partial charge in [-0.05, 0) is 25.5 Å². The van der Waals surface area contributed by atoms with Crippen LogP contribution in [0.5, 0.6) is 0 Å². The summed E-state index contributed by atoms with van der Waals surface area (Å²) in [6.45, 7) is 3.05. The highest BCUT2D eigenvalue weighted by atomic mass is 19.1. The third-order valence-electron chi connectivity index (χ3n) is 1.81. The molecule has 0 radical (unpaired) electrons. The minimum absolute atomic E-state index is 0.0159. The van der Waals surface area contributed by atoms with E-state index in [9.17, 15) is 8.78 Å². The summed E-state index contributed by atoms with van der Waals surface area (Å²) in [4.78, 5) is 0. The van der Waals surface area contributed by atoms with Crippen LogP contribution in [0.4, 0.5) is 14.5 Å². The lowest BCUT2D eigenvalue weighted by Crippen LogP contribution is -2.13. The lowest BCUT2D eigenvalue weighted by Gasteiger charge is -2.09. The highest BCUT2D eigenvalue weighted by Crippen LogP contribution is 2.19. The van der Waals surface area contributed by atoms with Crippen LogP contribution >= 0.6 is 0 Å². The third kappa shape index (κ3) is 2.19. The predicted molar refractivity (Wildman–Crippen MR) is 49.8 cm³/mol. The molecule has 74 valence electrons. The van der Waals surface area contributed by atoms with E-state index in [1.165, 1.54) is 6.92 Å². The van der Waals surface area contributed by atoms with Crippen LogP contribution in [0.3, 0.4) is 0 Å². The molecule has 1 rings (SSSR count). The lowest BCUT2D eigenvalue weighted by atomic mass is 10.2. The van der Waals surface area contributed by atoms with Gasteiger partial charge in [-0.1, -0.05) is 0 Å². The van der Waals surface area contributed by atoms with Crippen LogP contribution in [0.2, 0.25) is 0 Å². The number of nitrogens with zero attached hydrogens (tertiary/aromatic N) is 1. The standard InChI is InChI=1S/C10H10F2N2/c1-6-3-9(12)10(4-8(6)11)14-7(2)5-13/h3-4,7,14H,1-2H3. The summed E-state index contributed by atoms with van der Waals surface area (Å²) in [5.74, 6) is -1.04. The second-order valence-corrected chi connectivity index (χ2v) is 3.08. The van der Waals surface area contributed by atoms with Crippen molar-refractivity contribution in [3.63, 3.8) is 0 Å². The maximum Gasteiger partial charge on any atom is 0.146 e. The molecule has 0 amide bonds. The fourth-order valence-corrected chi connectivity index (χ4v) is 1.02. The van der Waals surface area contributed by atoms with Crippen molar-refractivity contribution in [1.82, 2.24) is 0 Å². The molecular weight excluding hydrogens is 186 g/mol. The second kappa shape index (κ2) is 4.05. The van der Waals surface area contributed by atoms with Gasteiger partial charge in [-0.2, -0.15) is 5.26 Å². The highest BCUT2D eigenvalue weighted by Gasteiger charge is 2.08. The number of hydrogen-bond donors (Lipinski definition) is 1. The van der Waals surface area contributed by atoms with Gasteiger partial charge in [0.05, 0.1) is 11.8 Å². The van der Waals surface area contributed by atoms with Gasteiger partial charge in [0.25, 0.3) is 0 Å². The molecule has 0 aromatic heterocycles. The summed E-state index contributed by atoms with van der Waals surface area (Å²) in [5.41, 5.74) is 0.264. The first-order valence-electron chi connectivity index (χ1n) is 4.16. The van der Waals surface area contributed by atoms with Crippen molar-refractivity contribution < 1.29 is 8.78 Å². The van der Waals surface area contributed by atoms with Gasteiger partial charge >= 0.3 is 0 Å². The Labute approximate surface area is 81.2 Å². The SMILES string of the molecule is Cc1cc(F)c(NC(C)C#N)cc1F. The molecule has 0 aliphatic rings. The zero-order valence-corrected chi connectivity index (χ0v) is 7.94. The van der Waals surface area contributed by atoms with E-state index < -0.39 is 17.7 Å². The molecule has 4 heteroatoms. The predicted octanol–water partition coefficient (Wildman–Crippen LogP) is 2.60. The van der Waals surface area contributed by atoms with E-state index in [-0.39, 0.29) is 11.3 Å². The molecule has 1 unspecified atom stereocenters. The van der Waals surface area contributed by atoms with Crippen LogP contribution in [0.1, 0.15) is 12.5 Å². The van der Waals surface area contributed by atoms with Gasteiger partial charge in [0.15, 0.2) is 0 Å². The van der Waals surface area contributed by atoms with Gasteiger partial charge in [-0.25, -0.2) is 8.78 Å². The Hall–Kier alpha value is -1.63. The lowest BCUT2D eigenvalue weighted by molar-refractivity contribution is 0.594. The van der Waals surface area contributed by atoms with Crippen LogP contribution in [0.15, 0.2) is 12.1 Å². The molecular formula is C10H10F2N2. The number of rotatable bonds is 2. The number of benzene rings is 1. The maximum absolute atomic E-state index is 13.2. The number of nitriles is 1. The molecule has 0 aliphatic carbocycles. The average Bonchev–Trinajstić information content (AvgIpc) is 2.14. The average molecular weight is 196 g/mol. The van der Waals surface area contributed by atoms with E-state index in [4.69, 9.17) is 5.26 Å². The molecule has 0 saturated carbocycles. The van der Waals surface area contributed by atoms with Crippen molar-refractivity contribution in [3.05, 3.63) is 29.3 Å². The van der Waals surface area contributed by atoms with Gasteiger partial charge in [-0.15, -0.1) is 0 Å². The number of anilines is 1. The van der Waals surface area contributed by atoms with Crippen molar-refractivity contribution in [3.8, 4) is 6.07 Å². The summed E-state index contributed by atoms with van der Waals surface area (Å²) in [5, 5.41) is 11.0. The van der Waals surface area contributed by atoms with Gasteiger partial charge in [0, 0.05) is 6.07 Å². The normalized spacial score (nSPS) is 11.9. The summed E-state index contributed by atoms with van der Waals surface area (Å²) < 4.78 is 26.2. The van der Waals surface area contributed by atoms with Crippen LogP contribution in [-0.4, -0.2) is 6.04 Å². The molecule has 0 spiro atoms. The van der Waals surface area contributed by atoms with Crippen molar-refractivity contribution >= 4 is 5.69 Å². The first kappa shape index (κ1) is 10.5. The van der Waals surface area contributed by atoms with E-state index in [1.807, 2.05) is 6.07 Å². The van der Waals surface area contributed by atoms with E-state index in [1.54, 1.807) is 6.92 Å². The van der Waals surface area contributed by atoms with Crippen molar-refractivity contribution in [2.45, 2.75) is 19.9 Å². The molecule has 0 saturated heterocycles. The number of halogens is 2. The monoisotopic (exact) mass is 196 g/mol. The van der Waals surface area contributed by atoms with Crippen molar-refractivity contribution in [1.29, 1.82) is 5.26 Å². The van der Waals surface area contributed by atoms with E-state index in [0.717, 1.165) is 12.1 Å². The first-order chi connectivity index (χ1) is 6.54.